The van der Waals surface area contributed by atoms with Gasteiger partial charge >= 0.3 is 5.97 Å². The lowest BCUT2D eigenvalue weighted by Crippen LogP contribution is -2.33. The predicted octanol–water partition coefficient (Wildman–Crippen LogP) is 2.42. The molecule has 7 heteroatoms. The van der Waals surface area contributed by atoms with Gasteiger partial charge in [0.25, 0.3) is 0 Å². The first kappa shape index (κ1) is 17.3. The number of carboxylic acid groups (broad SMARTS) is 1. The van der Waals surface area contributed by atoms with E-state index in [0.717, 1.165) is 16.4 Å². The van der Waals surface area contributed by atoms with E-state index in [1.54, 1.807) is 13.8 Å². The lowest BCUT2D eigenvalue weighted by atomic mass is 10.1. The Hall–Kier alpha value is -1.73. The Kier molecular flexibility index (Phi) is 5.25. The number of halogens is 1. The van der Waals surface area contributed by atoms with Crippen molar-refractivity contribution in [1.82, 2.24) is 4.31 Å². The van der Waals surface area contributed by atoms with Gasteiger partial charge in [-0.1, -0.05) is 19.1 Å². The van der Waals surface area contributed by atoms with Crippen LogP contribution in [0.4, 0.5) is 4.39 Å². The Morgan fingerprint density at radius 3 is 2.43 bits per heavy atom. The van der Waals surface area contributed by atoms with Crippen LogP contribution in [-0.4, -0.2) is 36.9 Å². The molecule has 0 aliphatic carbocycles. The summed E-state index contributed by atoms with van der Waals surface area (Å²) in [5.74, 6) is -2.24. The number of carboxylic acids is 1. The van der Waals surface area contributed by atoms with E-state index in [0.29, 0.717) is 5.57 Å². The first-order valence-corrected chi connectivity index (χ1v) is 7.73. The maximum absolute atomic E-state index is 13.8. The molecule has 0 radical (unpaired) electrons. The van der Waals surface area contributed by atoms with Crippen LogP contribution in [0.15, 0.2) is 29.2 Å². The van der Waals surface area contributed by atoms with Gasteiger partial charge in [0.05, 0.1) is 10.5 Å². The topological polar surface area (TPSA) is 74.7 Å². The van der Waals surface area contributed by atoms with Gasteiger partial charge in [0.1, 0.15) is 5.82 Å². The van der Waals surface area contributed by atoms with Crippen molar-refractivity contribution in [2.75, 3.05) is 13.1 Å². The lowest BCUT2D eigenvalue weighted by Gasteiger charge is -2.22. The highest BCUT2D eigenvalue weighted by molar-refractivity contribution is 7.89. The summed E-state index contributed by atoms with van der Waals surface area (Å²) in [6, 6.07) is 1.79. The van der Waals surface area contributed by atoms with Crippen molar-refractivity contribution in [3.05, 3.63) is 41.2 Å². The first-order valence-electron chi connectivity index (χ1n) is 6.29. The van der Waals surface area contributed by atoms with E-state index in [4.69, 9.17) is 5.11 Å². The van der Waals surface area contributed by atoms with Crippen molar-refractivity contribution >= 4 is 16.0 Å². The molecule has 1 rings (SSSR count). The molecule has 0 saturated heterocycles. The molecule has 0 heterocycles. The molecule has 21 heavy (non-hydrogen) atoms. The van der Waals surface area contributed by atoms with Crippen molar-refractivity contribution < 1.29 is 22.7 Å². The number of benzene rings is 1. The van der Waals surface area contributed by atoms with Crippen molar-refractivity contribution in [2.45, 2.75) is 25.7 Å². The number of aromatic carboxylic acids is 1. The molecule has 0 unspecified atom stereocenters. The van der Waals surface area contributed by atoms with Crippen molar-refractivity contribution in [1.29, 1.82) is 0 Å². The Labute approximate surface area is 123 Å². The van der Waals surface area contributed by atoms with Gasteiger partial charge < -0.3 is 5.11 Å². The molecule has 1 aromatic carbocycles. The third-order valence-electron chi connectivity index (χ3n) is 2.96. The van der Waals surface area contributed by atoms with Crippen molar-refractivity contribution in [3.8, 4) is 0 Å². The summed E-state index contributed by atoms with van der Waals surface area (Å²) in [5, 5.41) is 8.94. The van der Waals surface area contributed by atoms with E-state index in [-0.39, 0.29) is 23.5 Å². The highest BCUT2D eigenvalue weighted by atomic mass is 32.2. The molecule has 1 aromatic rings. The van der Waals surface area contributed by atoms with Gasteiger partial charge in [-0.05, 0) is 26.0 Å². The van der Waals surface area contributed by atoms with Crippen LogP contribution in [0.2, 0.25) is 0 Å². The Morgan fingerprint density at radius 1 is 1.43 bits per heavy atom. The number of carbonyl (C=O) groups is 1. The normalized spacial score (nSPS) is 11.7. The van der Waals surface area contributed by atoms with Gasteiger partial charge in [0.2, 0.25) is 10.0 Å². The second-order valence-electron chi connectivity index (χ2n) is 4.77. The molecule has 0 bridgehead atoms. The number of hydrogen-bond donors (Lipinski definition) is 1. The minimum absolute atomic E-state index is 0.0944. The highest BCUT2D eigenvalue weighted by Crippen LogP contribution is 2.24. The summed E-state index contributed by atoms with van der Waals surface area (Å²) in [6.45, 7) is 8.56. The average Bonchev–Trinajstić information content (AvgIpc) is 2.37. The minimum atomic E-state index is -3.99. The molecular weight excluding hydrogens is 297 g/mol. The fraction of sp³-hybridized carbons (Fsp3) is 0.357. The number of rotatable bonds is 6. The smallest absolute Gasteiger partial charge is 0.335 e. The molecule has 0 saturated carbocycles. The molecule has 116 valence electrons. The maximum atomic E-state index is 13.8. The van der Waals surface area contributed by atoms with E-state index in [1.807, 2.05) is 0 Å². The fourth-order valence-corrected chi connectivity index (χ4v) is 3.62. The van der Waals surface area contributed by atoms with Crippen LogP contribution in [0, 0.1) is 12.7 Å². The number of hydrogen-bond acceptors (Lipinski definition) is 3. The quantitative estimate of drug-likeness (QED) is 0.818. The van der Waals surface area contributed by atoms with Crippen molar-refractivity contribution in [3.63, 3.8) is 0 Å². The Morgan fingerprint density at radius 2 is 2.00 bits per heavy atom. The highest BCUT2D eigenvalue weighted by Gasteiger charge is 2.27. The molecule has 0 aromatic heterocycles. The van der Waals surface area contributed by atoms with Gasteiger partial charge in [0, 0.05) is 18.7 Å². The van der Waals surface area contributed by atoms with Crippen LogP contribution in [0.5, 0.6) is 0 Å². The molecule has 0 aliphatic rings. The number of likely N-dealkylation sites (N-methyl/N-ethyl adjacent to an activating group) is 1. The van der Waals surface area contributed by atoms with E-state index >= 15 is 0 Å². The molecular formula is C14H18FNO4S. The van der Waals surface area contributed by atoms with Crippen molar-refractivity contribution in [2.24, 2.45) is 0 Å². The predicted molar refractivity (Wildman–Crippen MR) is 77.3 cm³/mol. The van der Waals surface area contributed by atoms with E-state index in [2.05, 4.69) is 6.58 Å². The molecule has 5 nitrogen and oxygen atoms in total. The number of sulfonamides is 1. The maximum Gasteiger partial charge on any atom is 0.335 e. The molecule has 0 spiro atoms. The summed E-state index contributed by atoms with van der Waals surface area (Å²) in [7, 11) is -3.99. The number of nitrogens with zero attached hydrogens (tertiary/aromatic N) is 1. The molecule has 0 aliphatic heterocycles. The Bertz CT molecular complexity index is 682. The summed E-state index contributed by atoms with van der Waals surface area (Å²) in [5.41, 5.74) is 0.135. The first-order chi connectivity index (χ1) is 9.61. The summed E-state index contributed by atoms with van der Waals surface area (Å²) in [6.07, 6.45) is 0. The van der Waals surface area contributed by atoms with Gasteiger partial charge in [-0.2, -0.15) is 4.31 Å². The average molecular weight is 315 g/mol. The SMILES string of the molecule is C=C(C)CN(CC)S(=O)(=O)c1cc(C(=O)O)cc(F)c1C. The van der Waals surface area contributed by atoms with Crippen LogP contribution < -0.4 is 0 Å². The third kappa shape index (κ3) is 3.68. The minimum Gasteiger partial charge on any atom is -0.478 e. The standard InChI is InChI=1S/C14H18FNO4S/c1-5-16(8-9(2)3)21(19,20)13-7-11(14(17)18)6-12(15)10(13)4/h6-7H,2,5,8H2,1,3-4H3,(H,17,18). The van der Waals surface area contributed by atoms with Crippen LogP contribution in [0.3, 0.4) is 0 Å². The fourth-order valence-electron chi connectivity index (χ4n) is 1.85. The molecule has 0 amide bonds. The van der Waals surface area contributed by atoms with Gasteiger partial charge in [-0.15, -0.1) is 0 Å². The van der Waals surface area contributed by atoms with Gasteiger partial charge in [0.15, 0.2) is 0 Å². The largest absolute Gasteiger partial charge is 0.478 e. The van der Waals surface area contributed by atoms with Crippen LogP contribution >= 0.6 is 0 Å². The van der Waals surface area contributed by atoms with E-state index in [9.17, 15) is 17.6 Å². The zero-order valence-electron chi connectivity index (χ0n) is 12.2. The summed E-state index contributed by atoms with van der Waals surface area (Å²) < 4.78 is 40.1. The van der Waals surface area contributed by atoms with Gasteiger partial charge in [-0.3, -0.25) is 0 Å². The van der Waals surface area contributed by atoms with Crippen LogP contribution in [0.25, 0.3) is 0 Å². The lowest BCUT2D eigenvalue weighted by molar-refractivity contribution is 0.0696. The van der Waals surface area contributed by atoms with Crippen LogP contribution in [0.1, 0.15) is 29.8 Å². The van der Waals surface area contributed by atoms with Crippen LogP contribution in [-0.2, 0) is 10.0 Å². The molecule has 0 atom stereocenters. The zero-order chi connectivity index (χ0) is 16.4. The zero-order valence-corrected chi connectivity index (χ0v) is 13.0. The van der Waals surface area contributed by atoms with E-state index in [1.165, 1.54) is 6.92 Å². The third-order valence-corrected chi connectivity index (χ3v) is 5.01. The van der Waals surface area contributed by atoms with E-state index < -0.39 is 27.4 Å². The second kappa shape index (κ2) is 6.36. The van der Waals surface area contributed by atoms with Gasteiger partial charge in [-0.25, -0.2) is 17.6 Å². The molecule has 1 N–H and O–H groups in total. The monoisotopic (exact) mass is 315 g/mol. The Balaban J connectivity index is 3.49. The summed E-state index contributed by atoms with van der Waals surface area (Å²) >= 11 is 0. The second-order valence-corrected chi connectivity index (χ2v) is 6.68. The molecule has 0 fully saturated rings. The summed E-state index contributed by atoms with van der Waals surface area (Å²) in [4.78, 5) is 10.6.